The first-order chi connectivity index (χ1) is 19.9. The Hall–Kier alpha value is -5.24. The van der Waals surface area contributed by atoms with Crippen molar-refractivity contribution in [1.29, 1.82) is 0 Å². The van der Waals surface area contributed by atoms with E-state index in [-0.39, 0.29) is 12.8 Å². The number of benzene rings is 2. The van der Waals surface area contributed by atoms with Gasteiger partial charge >= 0.3 is 11.9 Å². The highest BCUT2D eigenvalue weighted by Gasteiger charge is 2.32. The predicted molar refractivity (Wildman–Crippen MR) is 150 cm³/mol. The normalized spacial score (nSPS) is 13.7. The Morgan fingerprint density at radius 3 is 1.93 bits per heavy atom. The summed E-state index contributed by atoms with van der Waals surface area (Å²) < 4.78 is 0. The van der Waals surface area contributed by atoms with E-state index in [0.29, 0.717) is 11.1 Å². The van der Waals surface area contributed by atoms with Crippen LogP contribution in [0.4, 0.5) is 0 Å². The number of nitrogens with one attached hydrogen (secondary N) is 4. The average Bonchev–Trinajstić information content (AvgIpc) is 3.34. The lowest BCUT2D eigenvalue weighted by atomic mass is 10.0. The van der Waals surface area contributed by atoms with Crippen molar-refractivity contribution in [3.05, 3.63) is 71.9 Å². The number of primary amides is 1. The molecule has 14 heteroatoms. The molecule has 10 N–H and O–H groups in total. The van der Waals surface area contributed by atoms with Gasteiger partial charge in [0.15, 0.2) is 0 Å². The lowest BCUT2D eigenvalue weighted by Gasteiger charge is -2.25. The molecule has 0 saturated heterocycles. The number of amides is 4. The molecule has 3 aromatic rings. The van der Waals surface area contributed by atoms with Crippen molar-refractivity contribution in [1.82, 2.24) is 20.9 Å². The van der Waals surface area contributed by atoms with Gasteiger partial charge in [-0.2, -0.15) is 0 Å². The van der Waals surface area contributed by atoms with Crippen molar-refractivity contribution < 1.29 is 39.0 Å². The first-order valence-electron chi connectivity index (χ1n) is 12.9. The van der Waals surface area contributed by atoms with Gasteiger partial charge < -0.3 is 42.6 Å². The summed E-state index contributed by atoms with van der Waals surface area (Å²) in [4.78, 5) is 76.7. The van der Waals surface area contributed by atoms with Gasteiger partial charge in [-0.3, -0.25) is 24.0 Å². The number of aromatic amines is 1. The molecule has 4 amide bonds. The Kier molecular flexibility index (Phi) is 10.7. The summed E-state index contributed by atoms with van der Waals surface area (Å²) in [5.41, 5.74) is 12.9. The molecular formula is C28H32N6O8. The van der Waals surface area contributed by atoms with E-state index in [1.807, 2.05) is 0 Å². The van der Waals surface area contributed by atoms with E-state index in [9.17, 15) is 33.9 Å². The number of carbonyl (C=O) groups is 6. The maximum atomic E-state index is 13.6. The minimum Gasteiger partial charge on any atom is -0.481 e. The number of nitrogens with two attached hydrogens (primary N) is 2. The fourth-order valence-corrected chi connectivity index (χ4v) is 4.30. The van der Waals surface area contributed by atoms with E-state index in [0.717, 1.165) is 10.9 Å². The number of carboxylic acid groups (broad SMARTS) is 2. The summed E-state index contributed by atoms with van der Waals surface area (Å²) in [6.45, 7) is 0. The monoisotopic (exact) mass is 580 g/mol. The smallest absolute Gasteiger partial charge is 0.326 e. The number of hydrogen-bond acceptors (Lipinski definition) is 7. The van der Waals surface area contributed by atoms with Crippen LogP contribution < -0.4 is 27.4 Å². The topological polar surface area (TPSA) is 247 Å². The second kappa shape index (κ2) is 14.4. The molecule has 1 aromatic heterocycles. The van der Waals surface area contributed by atoms with Gasteiger partial charge in [-0.1, -0.05) is 48.5 Å². The Labute approximate surface area is 239 Å². The summed E-state index contributed by atoms with van der Waals surface area (Å²) in [5.74, 6) is -6.40. The standard InChI is InChI=1S/C28H32N6O8/c29-18(12-23(30)35)25(38)32-20(10-15-6-2-1-3-7-15)26(39)33-21(27(40)34-22(28(41)42)13-24(36)37)11-16-14-31-19-9-5-4-8-17(16)19/h1-9,14,18,20-22,31H,10-13,29H2,(H2,30,35)(H,32,38)(H,33,39)(H,34,40)(H,36,37)(H,41,42). The van der Waals surface area contributed by atoms with Crippen LogP contribution in [0.5, 0.6) is 0 Å². The van der Waals surface area contributed by atoms with Gasteiger partial charge in [0.25, 0.3) is 0 Å². The lowest BCUT2D eigenvalue weighted by Crippen LogP contribution is -2.58. The largest absolute Gasteiger partial charge is 0.481 e. The fourth-order valence-electron chi connectivity index (χ4n) is 4.30. The molecule has 0 spiro atoms. The highest BCUT2D eigenvalue weighted by Crippen LogP contribution is 2.19. The van der Waals surface area contributed by atoms with Crippen LogP contribution in [-0.4, -0.2) is 74.9 Å². The molecule has 0 bridgehead atoms. The van der Waals surface area contributed by atoms with Crippen LogP contribution in [0.25, 0.3) is 10.9 Å². The van der Waals surface area contributed by atoms with Crippen molar-refractivity contribution in [3.63, 3.8) is 0 Å². The van der Waals surface area contributed by atoms with Crippen molar-refractivity contribution in [2.45, 2.75) is 49.9 Å². The Morgan fingerprint density at radius 2 is 1.31 bits per heavy atom. The molecule has 0 aliphatic carbocycles. The van der Waals surface area contributed by atoms with Crippen LogP contribution in [-0.2, 0) is 41.6 Å². The number of hydrogen-bond donors (Lipinski definition) is 8. The second-order valence-electron chi connectivity index (χ2n) is 9.65. The molecular weight excluding hydrogens is 548 g/mol. The summed E-state index contributed by atoms with van der Waals surface area (Å²) in [7, 11) is 0. The molecule has 4 atom stereocenters. The van der Waals surface area contributed by atoms with Gasteiger partial charge in [0, 0.05) is 29.9 Å². The van der Waals surface area contributed by atoms with Gasteiger partial charge in [0.05, 0.1) is 18.9 Å². The molecule has 42 heavy (non-hydrogen) atoms. The van der Waals surface area contributed by atoms with Gasteiger partial charge in [0.2, 0.25) is 23.6 Å². The van der Waals surface area contributed by atoms with Crippen LogP contribution >= 0.6 is 0 Å². The Balaban J connectivity index is 1.90. The molecule has 0 saturated carbocycles. The number of rotatable bonds is 15. The minimum atomic E-state index is -1.76. The average molecular weight is 581 g/mol. The van der Waals surface area contributed by atoms with E-state index >= 15 is 0 Å². The lowest BCUT2D eigenvalue weighted by molar-refractivity contribution is -0.147. The third kappa shape index (κ3) is 8.89. The van der Waals surface area contributed by atoms with E-state index in [2.05, 4.69) is 20.9 Å². The summed E-state index contributed by atoms with van der Waals surface area (Å²) in [6.07, 6.45) is 0.166. The zero-order valence-corrected chi connectivity index (χ0v) is 22.4. The van der Waals surface area contributed by atoms with E-state index in [1.165, 1.54) is 0 Å². The molecule has 2 aromatic carbocycles. The number of H-pyrrole nitrogens is 1. The van der Waals surface area contributed by atoms with E-state index in [4.69, 9.17) is 16.6 Å². The molecule has 0 fully saturated rings. The number of carbonyl (C=O) groups excluding carboxylic acids is 4. The van der Waals surface area contributed by atoms with Crippen molar-refractivity contribution >= 4 is 46.5 Å². The molecule has 222 valence electrons. The summed E-state index contributed by atoms with van der Waals surface area (Å²) in [6, 6.07) is 10.1. The van der Waals surface area contributed by atoms with Crippen molar-refractivity contribution in [3.8, 4) is 0 Å². The van der Waals surface area contributed by atoms with Crippen LogP contribution in [0.15, 0.2) is 60.8 Å². The van der Waals surface area contributed by atoms with Gasteiger partial charge in [-0.15, -0.1) is 0 Å². The van der Waals surface area contributed by atoms with Gasteiger partial charge in [-0.25, -0.2) is 4.79 Å². The number of carboxylic acids is 2. The van der Waals surface area contributed by atoms with Gasteiger partial charge in [0.1, 0.15) is 18.1 Å². The fraction of sp³-hybridized carbons (Fsp3) is 0.286. The maximum absolute atomic E-state index is 13.6. The molecule has 0 aliphatic heterocycles. The number of aromatic nitrogens is 1. The first kappa shape index (κ1) is 31.3. The zero-order valence-electron chi connectivity index (χ0n) is 22.4. The van der Waals surface area contributed by atoms with E-state index in [1.54, 1.807) is 60.8 Å². The van der Waals surface area contributed by atoms with Crippen LogP contribution in [0.3, 0.4) is 0 Å². The molecule has 3 rings (SSSR count). The van der Waals surface area contributed by atoms with Crippen molar-refractivity contribution in [2.24, 2.45) is 11.5 Å². The van der Waals surface area contributed by atoms with Crippen LogP contribution in [0, 0.1) is 0 Å². The number of aliphatic carboxylic acids is 2. The third-order valence-electron chi connectivity index (χ3n) is 6.40. The van der Waals surface area contributed by atoms with Gasteiger partial charge in [-0.05, 0) is 17.2 Å². The highest BCUT2D eigenvalue weighted by atomic mass is 16.4. The second-order valence-corrected chi connectivity index (χ2v) is 9.65. The minimum absolute atomic E-state index is 0.0140. The zero-order chi connectivity index (χ0) is 30.8. The molecule has 0 aliphatic rings. The van der Waals surface area contributed by atoms with Crippen molar-refractivity contribution in [2.75, 3.05) is 0 Å². The molecule has 14 nitrogen and oxygen atoms in total. The number of para-hydroxylation sites is 1. The molecule has 4 unspecified atom stereocenters. The highest BCUT2D eigenvalue weighted by molar-refractivity contribution is 5.96. The van der Waals surface area contributed by atoms with E-state index < -0.39 is 72.6 Å². The van der Waals surface area contributed by atoms with Crippen LogP contribution in [0.2, 0.25) is 0 Å². The molecule has 0 radical (unpaired) electrons. The quantitative estimate of drug-likeness (QED) is 0.112. The Bertz CT molecular complexity index is 1460. The SMILES string of the molecule is NC(=O)CC(N)C(=O)NC(Cc1ccccc1)C(=O)NC(Cc1c[nH]c2ccccc12)C(=O)NC(CC(=O)O)C(=O)O. The summed E-state index contributed by atoms with van der Waals surface area (Å²) >= 11 is 0. The third-order valence-corrected chi connectivity index (χ3v) is 6.40. The number of fused-ring (bicyclic) bond motifs is 1. The maximum Gasteiger partial charge on any atom is 0.326 e. The molecule has 1 heterocycles. The first-order valence-corrected chi connectivity index (χ1v) is 12.9. The predicted octanol–water partition coefficient (Wildman–Crippen LogP) is -0.830. The van der Waals surface area contributed by atoms with Crippen LogP contribution in [0.1, 0.15) is 24.0 Å². The summed E-state index contributed by atoms with van der Waals surface area (Å²) in [5, 5.41) is 26.5. The Morgan fingerprint density at radius 1 is 0.738 bits per heavy atom.